The molecule has 130 valence electrons. The molecule has 25 heavy (non-hydrogen) atoms. The molecule has 0 saturated heterocycles. The van der Waals surface area contributed by atoms with Gasteiger partial charge in [-0.15, -0.1) is 0 Å². The number of carbonyl (C=O) groups is 2. The van der Waals surface area contributed by atoms with Gasteiger partial charge in [0.25, 0.3) is 5.91 Å². The van der Waals surface area contributed by atoms with Crippen LogP contribution >= 0.6 is 11.6 Å². The number of hydrogen-bond donors (Lipinski definition) is 2. The highest BCUT2D eigenvalue weighted by Crippen LogP contribution is 2.38. The van der Waals surface area contributed by atoms with E-state index in [1.165, 1.54) is 0 Å². The Kier molecular flexibility index (Phi) is 4.95. The lowest BCUT2D eigenvalue weighted by molar-refractivity contribution is -0.118. The minimum absolute atomic E-state index is 0.000418. The normalized spacial score (nSPS) is 15.7. The SMILES string of the molecule is CC(C)C1C(=O)Nc2ccc(NC(=O)COc3ccc(Cl)cc3)cc21. The van der Waals surface area contributed by atoms with Crippen LogP contribution in [0.3, 0.4) is 0 Å². The summed E-state index contributed by atoms with van der Waals surface area (Å²) in [5, 5.41) is 6.28. The average Bonchev–Trinajstić information content (AvgIpc) is 2.89. The number of carbonyl (C=O) groups excluding carboxylic acids is 2. The molecule has 2 aromatic rings. The second kappa shape index (κ2) is 7.15. The molecule has 1 atom stereocenters. The second-order valence-corrected chi connectivity index (χ2v) is 6.74. The van der Waals surface area contributed by atoms with E-state index in [4.69, 9.17) is 16.3 Å². The van der Waals surface area contributed by atoms with Crippen molar-refractivity contribution in [2.24, 2.45) is 5.92 Å². The van der Waals surface area contributed by atoms with Gasteiger partial charge >= 0.3 is 0 Å². The predicted molar refractivity (Wildman–Crippen MR) is 98.2 cm³/mol. The van der Waals surface area contributed by atoms with Crippen molar-refractivity contribution in [3.8, 4) is 5.75 Å². The first-order valence-corrected chi connectivity index (χ1v) is 8.45. The molecule has 0 spiro atoms. The van der Waals surface area contributed by atoms with Crippen molar-refractivity contribution in [3.63, 3.8) is 0 Å². The first kappa shape index (κ1) is 17.3. The molecular formula is C19H19ClN2O3. The summed E-state index contributed by atoms with van der Waals surface area (Å²) < 4.78 is 5.43. The molecule has 5 nitrogen and oxygen atoms in total. The van der Waals surface area contributed by atoms with Crippen molar-refractivity contribution in [1.82, 2.24) is 0 Å². The quantitative estimate of drug-likeness (QED) is 0.847. The third-order valence-corrected chi connectivity index (χ3v) is 4.31. The summed E-state index contributed by atoms with van der Waals surface area (Å²) in [7, 11) is 0. The van der Waals surface area contributed by atoms with Crippen LogP contribution in [0, 0.1) is 5.92 Å². The van der Waals surface area contributed by atoms with Gasteiger partial charge in [0, 0.05) is 16.4 Å². The van der Waals surface area contributed by atoms with Crippen LogP contribution in [0.4, 0.5) is 11.4 Å². The van der Waals surface area contributed by atoms with Crippen molar-refractivity contribution < 1.29 is 14.3 Å². The summed E-state index contributed by atoms with van der Waals surface area (Å²) >= 11 is 5.81. The molecule has 0 radical (unpaired) electrons. The highest BCUT2D eigenvalue weighted by atomic mass is 35.5. The molecular weight excluding hydrogens is 340 g/mol. The van der Waals surface area contributed by atoms with Gasteiger partial charge in [-0.2, -0.15) is 0 Å². The maximum Gasteiger partial charge on any atom is 0.262 e. The number of halogens is 1. The zero-order chi connectivity index (χ0) is 18.0. The van der Waals surface area contributed by atoms with E-state index in [1.807, 2.05) is 26.0 Å². The van der Waals surface area contributed by atoms with Crippen LogP contribution < -0.4 is 15.4 Å². The summed E-state index contributed by atoms with van der Waals surface area (Å²) in [4.78, 5) is 24.1. The number of nitrogens with one attached hydrogen (secondary N) is 2. The lowest BCUT2D eigenvalue weighted by Gasteiger charge is -2.14. The average molecular weight is 359 g/mol. The van der Waals surface area contributed by atoms with Gasteiger partial charge in [-0.1, -0.05) is 25.4 Å². The highest BCUT2D eigenvalue weighted by Gasteiger charge is 2.33. The maximum absolute atomic E-state index is 12.1. The Morgan fingerprint density at radius 1 is 1.24 bits per heavy atom. The lowest BCUT2D eigenvalue weighted by Crippen LogP contribution is -2.20. The van der Waals surface area contributed by atoms with Crippen LogP contribution in [0.1, 0.15) is 25.3 Å². The van der Waals surface area contributed by atoms with Crippen LogP contribution in [-0.4, -0.2) is 18.4 Å². The molecule has 0 aliphatic carbocycles. The topological polar surface area (TPSA) is 67.4 Å². The molecule has 0 aromatic heterocycles. The second-order valence-electron chi connectivity index (χ2n) is 6.30. The number of hydrogen-bond acceptors (Lipinski definition) is 3. The van der Waals surface area contributed by atoms with Gasteiger partial charge in [0.05, 0.1) is 5.92 Å². The molecule has 2 aromatic carbocycles. The highest BCUT2D eigenvalue weighted by molar-refractivity contribution is 6.30. The van der Waals surface area contributed by atoms with Gasteiger partial charge in [-0.25, -0.2) is 0 Å². The summed E-state index contributed by atoms with van der Waals surface area (Å²) in [6.07, 6.45) is 0. The molecule has 2 N–H and O–H groups in total. The zero-order valence-corrected chi connectivity index (χ0v) is 14.8. The molecule has 1 unspecified atom stereocenters. The van der Waals surface area contributed by atoms with Crippen LogP contribution in [0.2, 0.25) is 5.02 Å². The van der Waals surface area contributed by atoms with Gasteiger partial charge in [-0.05, 0) is 53.9 Å². The predicted octanol–water partition coefficient (Wildman–Crippen LogP) is 4.05. The molecule has 3 rings (SSSR count). The van der Waals surface area contributed by atoms with Gasteiger partial charge < -0.3 is 15.4 Å². The molecule has 0 fully saturated rings. The smallest absolute Gasteiger partial charge is 0.262 e. The van der Waals surface area contributed by atoms with Gasteiger partial charge in [0.1, 0.15) is 5.75 Å². The van der Waals surface area contributed by atoms with E-state index in [-0.39, 0.29) is 30.3 Å². The standard InChI is InChI=1S/C19H19ClN2O3/c1-11(2)18-15-9-13(5-8-16(15)22-19(18)24)21-17(23)10-25-14-6-3-12(20)4-7-14/h3-9,11,18H,10H2,1-2H3,(H,21,23)(H,22,24). The summed E-state index contributed by atoms with van der Waals surface area (Å²) in [6.45, 7) is 3.90. The first-order valence-electron chi connectivity index (χ1n) is 8.07. The molecule has 6 heteroatoms. The van der Waals surface area contributed by atoms with Crippen LogP contribution in [0.15, 0.2) is 42.5 Å². The first-order chi connectivity index (χ1) is 11.9. The molecule has 0 bridgehead atoms. The van der Waals surface area contributed by atoms with Crippen LogP contribution in [0.25, 0.3) is 0 Å². The van der Waals surface area contributed by atoms with E-state index in [2.05, 4.69) is 10.6 Å². The minimum Gasteiger partial charge on any atom is -0.484 e. The zero-order valence-electron chi connectivity index (χ0n) is 14.0. The van der Waals surface area contributed by atoms with Gasteiger partial charge in [0.15, 0.2) is 6.61 Å². The van der Waals surface area contributed by atoms with Crippen molar-refractivity contribution in [1.29, 1.82) is 0 Å². The van der Waals surface area contributed by atoms with Crippen molar-refractivity contribution in [2.45, 2.75) is 19.8 Å². The van der Waals surface area contributed by atoms with Crippen molar-refractivity contribution >= 4 is 34.8 Å². The van der Waals surface area contributed by atoms with Crippen LogP contribution in [-0.2, 0) is 9.59 Å². The Hall–Kier alpha value is -2.53. The van der Waals surface area contributed by atoms with Crippen molar-refractivity contribution in [2.75, 3.05) is 17.2 Å². The molecule has 1 heterocycles. The van der Waals surface area contributed by atoms with E-state index in [9.17, 15) is 9.59 Å². The van der Waals surface area contributed by atoms with E-state index in [0.717, 1.165) is 11.3 Å². The fourth-order valence-corrected chi connectivity index (χ4v) is 3.03. The van der Waals surface area contributed by atoms with Gasteiger partial charge in [-0.3, -0.25) is 9.59 Å². The summed E-state index contributed by atoms with van der Waals surface area (Å²) in [5.41, 5.74) is 2.36. The monoisotopic (exact) mass is 358 g/mol. The largest absolute Gasteiger partial charge is 0.484 e. The summed E-state index contributed by atoms with van der Waals surface area (Å²) in [5.74, 6) is 0.286. The van der Waals surface area contributed by atoms with Gasteiger partial charge in [0.2, 0.25) is 5.91 Å². The van der Waals surface area contributed by atoms with Crippen LogP contribution in [0.5, 0.6) is 5.75 Å². The Morgan fingerprint density at radius 2 is 1.96 bits per heavy atom. The lowest BCUT2D eigenvalue weighted by atomic mass is 9.89. The molecule has 1 aliphatic rings. The number of anilines is 2. The number of amides is 2. The number of rotatable bonds is 5. The molecule has 2 amide bonds. The molecule has 1 aliphatic heterocycles. The van der Waals surface area contributed by atoms with E-state index in [1.54, 1.807) is 30.3 Å². The number of ether oxygens (including phenoxy) is 1. The van der Waals surface area contributed by atoms with Crippen molar-refractivity contribution in [3.05, 3.63) is 53.1 Å². The third-order valence-electron chi connectivity index (χ3n) is 4.06. The fourth-order valence-electron chi connectivity index (χ4n) is 2.90. The Labute approximate surface area is 151 Å². The third kappa shape index (κ3) is 3.94. The Bertz CT molecular complexity index is 803. The maximum atomic E-state index is 12.1. The van der Waals surface area contributed by atoms with E-state index >= 15 is 0 Å². The number of benzene rings is 2. The van der Waals surface area contributed by atoms with E-state index < -0.39 is 0 Å². The van der Waals surface area contributed by atoms with E-state index in [0.29, 0.717) is 16.5 Å². The summed E-state index contributed by atoms with van der Waals surface area (Å²) in [6, 6.07) is 12.2. The minimum atomic E-state index is -0.270. The molecule has 0 saturated carbocycles. The fraction of sp³-hybridized carbons (Fsp3) is 0.263. The Morgan fingerprint density at radius 3 is 2.64 bits per heavy atom. The number of fused-ring (bicyclic) bond motifs is 1. The Balaban J connectivity index is 1.64.